The van der Waals surface area contributed by atoms with Gasteiger partial charge in [-0.25, -0.2) is 0 Å². The zero-order chi connectivity index (χ0) is 42.5. The van der Waals surface area contributed by atoms with Gasteiger partial charge in [0.2, 0.25) is 0 Å². The normalized spacial score (nSPS) is 15.5. The Labute approximate surface area is 364 Å². The summed E-state index contributed by atoms with van der Waals surface area (Å²) in [5.41, 5.74) is 20.1. The van der Waals surface area contributed by atoms with E-state index in [1.54, 1.807) is 0 Å². The number of hydrogen-bond donors (Lipinski definition) is 0. The van der Waals surface area contributed by atoms with Gasteiger partial charge in [0.05, 0.1) is 22.7 Å². The van der Waals surface area contributed by atoms with E-state index in [0.29, 0.717) is 17.8 Å². The molecule has 3 heterocycles. The standard InChI is InChI=1S/C57H57BN2O/c1-35(2)38-31-41(36(3)4)55(42(32-38)37(5)6)58-47-29-27-39(59-49-23-15-11-19-43(49)56(7,8)44-20-12-16-24-50(44)59)33-53(47)61-54-34-40(28-30-48(54)58)60-51-25-17-13-21-45(51)57(9,10)46-22-14-18-26-52(46)60/h11-37H,1-10H3. The molecule has 0 aliphatic carbocycles. The minimum absolute atomic E-state index is 0.0161. The number of ether oxygens (including phenoxy) is 1. The Bertz CT molecular complexity index is 2580. The van der Waals surface area contributed by atoms with Crippen LogP contribution in [0.1, 0.15) is 126 Å². The van der Waals surface area contributed by atoms with E-state index in [2.05, 4.69) is 225 Å². The number of hydrogen-bond acceptors (Lipinski definition) is 3. The Morgan fingerprint density at radius 3 is 1.10 bits per heavy atom. The molecule has 0 amide bonds. The number of para-hydroxylation sites is 4. The van der Waals surface area contributed by atoms with Gasteiger partial charge in [-0.3, -0.25) is 0 Å². The smallest absolute Gasteiger partial charge is 0.251 e. The van der Waals surface area contributed by atoms with Crippen LogP contribution in [-0.4, -0.2) is 6.71 Å². The van der Waals surface area contributed by atoms with Crippen molar-refractivity contribution in [1.82, 2.24) is 0 Å². The molecule has 0 radical (unpaired) electrons. The molecule has 3 aliphatic heterocycles. The van der Waals surface area contributed by atoms with Gasteiger partial charge in [-0.15, -0.1) is 0 Å². The van der Waals surface area contributed by atoms with Crippen LogP contribution in [0.2, 0.25) is 0 Å². The number of fused-ring (bicyclic) bond motifs is 6. The fourth-order valence-electron chi connectivity index (χ4n) is 10.8. The molecule has 4 heteroatoms. The Balaban J connectivity index is 1.21. The molecule has 7 aromatic rings. The first kappa shape index (κ1) is 39.2. The van der Waals surface area contributed by atoms with Crippen LogP contribution >= 0.6 is 0 Å². The first-order valence-electron chi connectivity index (χ1n) is 22.4. The van der Waals surface area contributed by atoms with Crippen LogP contribution < -0.4 is 30.9 Å². The van der Waals surface area contributed by atoms with Crippen molar-refractivity contribution in [3.05, 3.63) is 185 Å². The van der Waals surface area contributed by atoms with E-state index < -0.39 is 0 Å². The van der Waals surface area contributed by atoms with E-state index >= 15 is 0 Å². The maximum atomic E-state index is 7.34. The second-order valence-electron chi connectivity index (χ2n) is 19.5. The van der Waals surface area contributed by atoms with E-state index in [9.17, 15) is 0 Å². The number of benzene rings is 7. The molecule has 61 heavy (non-hydrogen) atoms. The first-order valence-corrected chi connectivity index (χ1v) is 22.4. The molecule has 0 unspecified atom stereocenters. The molecule has 0 fully saturated rings. The largest absolute Gasteiger partial charge is 0.458 e. The molecule has 10 rings (SSSR count). The van der Waals surface area contributed by atoms with Crippen molar-refractivity contribution in [3.8, 4) is 11.5 Å². The molecule has 0 atom stereocenters. The molecular weight excluding hydrogens is 739 g/mol. The zero-order valence-corrected chi connectivity index (χ0v) is 37.5. The molecule has 304 valence electrons. The fraction of sp³-hybridized carbons (Fsp3) is 0.263. The van der Waals surface area contributed by atoms with Crippen LogP contribution in [0.3, 0.4) is 0 Å². The lowest BCUT2D eigenvalue weighted by Crippen LogP contribution is -2.57. The van der Waals surface area contributed by atoms with Gasteiger partial charge in [0.25, 0.3) is 6.71 Å². The Morgan fingerprint density at radius 1 is 0.426 bits per heavy atom. The van der Waals surface area contributed by atoms with Crippen LogP contribution in [-0.2, 0) is 10.8 Å². The van der Waals surface area contributed by atoms with E-state index in [1.807, 2.05) is 0 Å². The van der Waals surface area contributed by atoms with Crippen LogP contribution in [0.25, 0.3) is 0 Å². The van der Waals surface area contributed by atoms with Crippen LogP contribution in [0.5, 0.6) is 11.5 Å². The molecule has 7 aromatic carbocycles. The maximum absolute atomic E-state index is 7.34. The van der Waals surface area contributed by atoms with Crippen molar-refractivity contribution >= 4 is 57.2 Å². The highest BCUT2D eigenvalue weighted by Crippen LogP contribution is 2.54. The molecule has 0 aromatic heterocycles. The summed E-state index contributed by atoms with van der Waals surface area (Å²) in [5.74, 6) is 2.93. The quantitative estimate of drug-likeness (QED) is 0.156. The summed E-state index contributed by atoms with van der Waals surface area (Å²) in [6.45, 7) is 23.5. The fourth-order valence-corrected chi connectivity index (χ4v) is 10.8. The van der Waals surface area contributed by atoms with Gasteiger partial charge in [0.1, 0.15) is 11.5 Å². The SMILES string of the molecule is CC(C)c1cc(C(C)C)c(B2c3ccc(N4c5ccccc5C(C)(C)c5ccccc54)cc3Oc3cc(N4c5ccccc5C(C)(C)c5ccccc54)ccc32)c(C(C)C)c1. The van der Waals surface area contributed by atoms with Crippen molar-refractivity contribution in [3.63, 3.8) is 0 Å². The summed E-state index contributed by atoms with van der Waals surface area (Å²) < 4.78 is 7.34. The van der Waals surface area contributed by atoms with Gasteiger partial charge < -0.3 is 14.5 Å². The van der Waals surface area contributed by atoms with Gasteiger partial charge in [0.15, 0.2) is 0 Å². The second kappa shape index (κ2) is 14.3. The molecule has 0 N–H and O–H groups in total. The second-order valence-corrected chi connectivity index (χ2v) is 19.5. The minimum Gasteiger partial charge on any atom is -0.458 e. The molecule has 3 aliphatic rings. The van der Waals surface area contributed by atoms with Crippen molar-refractivity contribution in [1.29, 1.82) is 0 Å². The first-order chi connectivity index (χ1) is 29.3. The van der Waals surface area contributed by atoms with Crippen LogP contribution in [0.4, 0.5) is 34.1 Å². The highest BCUT2D eigenvalue weighted by Gasteiger charge is 2.41. The number of anilines is 6. The maximum Gasteiger partial charge on any atom is 0.251 e. The van der Waals surface area contributed by atoms with Crippen molar-refractivity contribution in [2.24, 2.45) is 0 Å². The summed E-state index contributed by atoms with van der Waals surface area (Å²) in [6, 6.07) is 54.6. The summed E-state index contributed by atoms with van der Waals surface area (Å²) in [6.07, 6.45) is 0. The third-order valence-electron chi connectivity index (χ3n) is 14.1. The lowest BCUT2D eigenvalue weighted by atomic mass is 9.34. The molecule has 0 saturated carbocycles. The molecule has 0 saturated heterocycles. The molecule has 0 bridgehead atoms. The van der Waals surface area contributed by atoms with Crippen LogP contribution in [0.15, 0.2) is 146 Å². The average molecular weight is 797 g/mol. The lowest BCUT2D eigenvalue weighted by molar-refractivity contribution is 0.487. The van der Waals surface area contributed by atoms with Gasteiger partial charge in [-0.1, -0.05) is 172 Å². The van der Waals surface area contributed by atoms with E-state index in [-0.39, 0.29) is 17.5 Å². The Kier molecular flexibility index (Phi) is 9.18. The molecular formula is C57H57BN2O. The molecule has 0 spiro atoms. The summed E-state index contributed by atoms with van der Waals surface area (Å²) in [5, 5.41) is 0. The lowest BCUT2D eigenvalue weighted by Gasteiger charge is -2.42. The predicted octanol–water partition coefficient (Wildman–Crippen LogP) is 13.9. The Morgan fingerprint density at radius 2 is 0.770 bits per heavy atom. The highest BCUT2D eigenvalue weighted by molar-refractivity contribution is 6.97. The topological polar surface area (TPSA) is 15.7 Å². The predicted molar refractivity (Wildman–Crippen MR) is 260 cm³/mol. The van der Waals surface area contributed by atoms with Gasteiger partial charge >= 0.3 is 0 Å². The third-order valence-corrected chi connectivity index (χ3v) is 14.1. The van der Waals surface area contributed by atoms with Crippen molar-refractivity contribution < 1.29 is 4.74 Å². The van der Waals surface area contributed by atoms with E-state index in [4.69, 9.17) is 4.74 Å². The minimum atomic E-state index is -0.140. The summed E-state index contributed by atoms with van der Waals surface area (Å²) >= 11 is 0. The van der Waals surface area contributed by atoms with Crippen LogP contribution in [0, 0.1) is 0 Å². The monoisotopic (exact) mass is 796 g/mol. The zero-order valence-electron chi connectivity index (χ0n) is 37.5. The third kappa shape index (κ3) is 6.00. The Hall–Kier alpha value is -6.00. The van der Waals surface area contributed by atoms with Gasteiger partial charge in [-0.05, 0) is 104 Å². The molecule has 3 nitrogen and oxygen atoms in total. The summed E-state index contributed by atoms with van der Waals surface area (Å²) in [4.78, 5) is 4.89. The van der Waals surface area contributed by atoms with Gasteiger partial charge in [-0.2, -0.15) is 0 Å². The average Bonchev–Trinajstić information content (AvgIpc) is 3.25. The summed E-state index contributed by atoms with van der Waals surface area (Å²) in [7, 11) is 0. The van der Waals surface area contributed by atoms with Crippen molar-refractivity contribution in [2.45, 2.75) is 97.8 Å². The van der Waals surface area contributed by atoms with Gasteiger partial charge in [0, 0.05) is 34.3 Å². The highest BCUT2D eigenvalue weighted by atomic mass is 16.5. The van der Waals surface area contributed by atoms with Crippen molar-refractivity contribution in [2.75, 3.05) is 9.80 Å². The van der Waals surface area contributed by atoms with E-state index in [1.165, 1.54) is 78.1 Å². The number of nitrogens with zero attached hydrogens (tertiary/aromatic N) is 2. The number of rotatable bonds is 6. The van der Waals surface area contributed by atoms with E-state index in [0.717, 1.165) is 22.9 Å².